The second-order valence-electron chi connectivity index (χ2n) is 7.50. The van der Waals surface area contributed by atoms with Gasteiger partial charge in [-0.3, -0.25) is 9.59 Å². The Morgan fingerprint density at radius 1 is 0.929 bits per heavy atom. The predicted octanol–water partition coefficient (Wildman–Crippen LogP) is 4.79. The predicted molar refractivity (Wildman–Crippen MR) is 115 cm³/mol. The molecular formula is C24H28N2O2. The van der Waals surface area contributed by atoms with Crippen molar-refractivity contribution >= 4 is 29.7 Å². The number of benzene rings is 2. The standard InChI is InChI=1S/C24H28N2O2/c1-18(2)25-23(27)13-7-8-14-24(28)26-17-21-11-4-3-9-19(21)15-16-20-10-5-6-12-22(20)26/h3-6,9-12,15-16,18H,7-8,13-14,17H2,1-2H3,(H,25,27)/b16-15-. The van der Waals surface area contributed by atoms with Crippen molar-refractivity contribution in [3.63, 3.8) is 0 Å². The van der Waals surface area contributed by atoms with Crippen molar-refractivity contribution in [3.05, 3.63) is 65.2 Å². The molecule has 146 valence electrons. The Hall–Kier alpha value is -2.88. The molecule has 0 spiro atoms. The number of nitrogens with one attached hydrogen (secondary N) is 1. The maximum Gasteiger partial charge on any atom is 0.227 e. The van der Waals surface area contributed by atoms with Gasteiger partial charge in [0.2, 0.25) is 11.8 Å². The summed E-state index contributed by atoms with van der Waals surface area (Å²) in [5.41, 5.74) is 4.26. The number of anilines is 1. The number of fused-ring (bicyclic) bond motifs is 2. The highest BCUT2D eigenvalue weighted by atomic mass is 16.2. The molecule has 28 heavy (non-hydrogen) atoms. The van der Waals surface area contributed by atoms with Gasteiger partial charge in [-0.2, -0.15) is 0 Å². The third kappa shape index (κ3) is 5.10. The second-order valence-corrected chi connectivity index (χ2v) is 7.50. The molecule has 0 radical (unpaired) electrons. The quantitative estimate of drug-likeness (QED) is 0.737. The van der Waals surface area contributed by atoms with Crippen LogP contribution in [0.2, 0.25) is 0 Å². The Bertz CT molecular complexity index is 870. The van der Waals surface area contributed by atoms with Gasteiger partial charge in [-0.15, -0.1) is 0 Å². The van der Waals surface area contributed by atoms with Crippen LogP contribution in [0.3, 0.4) is 0 Å². The van der Waals surface area contributed by atoms with E-state index in [9.17, 15) is 9.59 Å². The third-order valence-electron chi connectivity index (χ3n) is 4.85. The summed E-state index contributed by atoms with van der Waals surface area (Å²) in [6.45, 7) is 4.46. The first-order valence-corrected chi connectivity index (χ1v) is 9.99. The lowest BCUT2D eigenvalue weighted by Gasteiger charge is -2.27. The van der Waals surface area contributed by atoms with Crippen molar-refractivity contribution < 1.29 is 9.59 Å². The minimum atomic E-state index is 0.0538. The summed E-state index contributed by atoms with van der Waals surface area (Å²) in [5, 5.41) is 2.89. The zero-order valence-corrected chi connectivity index (χ0v) is 16.7. The molecule has 0 atom stereocenters. The smallest absolute Gasteiger partial charge is 0.227 e. The molecule has 2 aromatic carbocycles. The van der Waals surface area contributed by atoms with E-state index in [0.717, 1.165) is 28.8 Å². The van der Waals surface area contributed by atoms with Crippen molar-refractivity contribution in [2.75, 3.05) is 4.90 Å². The largest absolute Gasteiger partial charge is 0.354 e. The SMILES string of the molecule is CC(C)NC(=O)CCCCC(=O)N1Cc2ccccc2/C=C\c2ccccc21. The molecule has 4 nitrogen and oxygen atoms in total. The van der Waals surface area contributed by atoms with Gasteiger partial charge >= 0.3 is 0 Å². The van der Waals surface area contributed by atoms with Crippen molar-refractivity contribution in [3.8, 4) is 0 Å². The number of para-hydroxylation sites is 1. The van der Waals surface area contributed by atoms with Gasteiger partial charge in [-0.25, -0.2) is 0 Å². The van der Waals surface area contributed by atoms with Gasteiger partial charge in [0.15, 0.2) is 0 Å². The topological polar surface area (TPSA) is 49.4 Å². The minimum absolute atomic E-state index is 0.0538. The highest BCUT2D eigenvalue weighted by molar-refractivity contribution is 5.97. The third-order valence-corrected chi connectivity index (χ3v) is 4.85. The zero-order chi connectivity index (χ0) is 19.9. The minimum Gasteiger partial charge on any atom is -0.354 e. The normalized spacial score (nSPS) is 13.9. The number of hydrogen-bond donors (Lipinski definition) is 1. The van der Waals surface area contributed by atoms with E-state index >= 15 is 0 Å². The van der Waals surface area contributed by atoms with Crippen LogP contribution in [-0.4, -0.2) is 17.9 Å². The van der Waals surface area contributed by atoms with Gasteiger partial charge in [-0.1, -0.05) is 54.6 Å². The van der Waals surface area contributed by atoms with Crippen LogP contribution < -0.4 is 10.2 Å². The molecule has 0 fully saturated rings. The van der Waals surface area contributed by atoms with Gasteiger partial charge < -0.3 is 10.2 Å². The number of carbonyl (C=O) groups excluding carboxylic acids is 2. The molecule has 2 aromatic rings. The maximum absolute atomic E-state index is 13.1. The molecule has 1 N–H and O–H groups in total. The fourth-order valence-corrected chi connectivity index (χ4v) is 3.46. The van der Waals surface area contributed by atoms with E-state index in [1.165, 1.54) is 0 Å². The van der Waals surface area contributed by atoms with Gasteiger partial charge in [0.25, 0.3) is 0 Å². The fourth-order valence-electron chi connectivity index (χ4n) is 3.46. The van der Waals surface area contributed by atoms with Crippen LogP contribution >= 0.6 is 0 Å². The van der Waals surface area contributed by atoms with Crippen LogP contribution in [-0.2, 0) is 16.1 Å². The van der Waals surface area contributed by atoms with Crippen LogP contribution in [0.15, 0.2) is 48.5 Å². The van der Waals surface area contributed by atoms with Crippen LogP contribution in [0.1, 0.15) is 56.2 Å². The van der Waals surface area contributed by atoms with Crippen molar-refractivity contribution in [1.29, 1.82) is 0 Å². The van der Waals surface area contributed by atoms with E-state index in [0.29, 0.717) is 25.8 Å². The van der Waals surface area contributed by atoms with Crippen LogP contribution in [0, 0.1) is 0 Å². The average molecular weight is 377 g/mol. The molecule has 1 aliphatic rings. The van der Waals surface area contributed by atoms with Gasteiger partial charge in [-0.05, 0) is 49.4 Å². The molecule has 0 saturated carbocycles. The van der Waals surface area contributed by atoms with Gasteiger partial charge in [0.1, 0.15) is 0 Å². The first-order chi connectivity index (χ1) is 13.5. The molecular weight excluding hydrogens is 348 g/mol. The van der Waals surface area contributed by atoms with E-state index in [-0.39, 0.29) is 17.9 Å². The maximum atomic E-state index is 13.1. The first-order valence-electron chi connectivity index (χ1n) is 9.99. The van der Waals surface area contributed by atoms with Crippen molar-refractivity contribution in [1.82, 2.24) is 5.32 Å². The lowest BCUT2D eigenvalue weighted by atomic mass is 10.0. The zero-order valence-electron chi connectivity index (χ0n) is 16.7. The number of carbonyl (C=O) groups is 2. The number of hydrogen-bond acceptors (Lipinski definition) is 2. The first kappa shape index (κ1) is 19.9. The summed E-state index contributed by atoms with van der Waals surface area (Å²) in [5.74, 6) is 0.153. The molecule has 1 aliphatic heterocycles. The molecule has 2 amide bonds. The van der Waals surface area contributed by atoms with E-state index in [1.807, 2.05) is 55.1 Å². The summed E-state index contributed by atoms with van der Waals surface area (Å²) in [7, 11) is 0. The van der Waals surface area contributed by atoms with Gasteiger partial charge in [0, 0.05) is 18.9 Å². The van der Waals surface area contributed by atoms with Crippen molar-refractivity contribution in [2.45, 2.75) is 52.1 Å². The number of nitrogens with zero attached hydrogens (tertiary/aromatic N) is 1. The molecule has 0 aliphatic carbocycles. The van der Waals surface area contributed by atoms with Crippen LogP contribution in [0.4, 0.5) is 5.69 Å². The average Bonchev–Trinajstić information content (AvgIpc) is 2.66. The number of amides is 2. The summed E-state index contributed by atoms with van der Waals surface area (Å²) >= 11 is 0. The molecule has 0 unspecified atom stereocenters. The Morgan fingerprint density at radius 2 is 1.57 bits per heavy atom. The summed E-state index contributed by atoms with van der Waals surface area (Å²) in [4.78, 5) is 26.7. The fraction of sp³-hybridized carbons (Fsp3) is 0.333. The summed E-state index contributed by atoms with van der Waals surface area (Å²) in [6, 6.07) is 16.3. The highest BCUT2D eigenvalue weighted by Crippen LogP contribution is 2.29. The molecule has 1 heterocycles. The van der Waals surface area contributed by atoms with E-state index in [4.69, 9.17) is 0 Å². The number of rotatable bonds is 6. The summed E-state index contributed by atoms with van der Waals surface area (Å²) < 4.78 is 0. The monoisotopic (exact) mass is 376 g/mol. The van der Waals surface area contributed by atoms with Crippen molar-refractivity contribution in [2.24, 2.45) is 0 Å². The van der Waals surface area contributed by atoms with E-state index < -0.39 is 0 Å². The van der Waals surface area contributed by atoms with E-state index in [2.05, 4.69) is 29.6 Å². The lowest BCUT2D eigenvalue weighted by molar-refractivity contribution is -0.122. The highest BCUT2D eigenvalue weighted by Gasteiger charge is 2.20. The van der Waals surface area contributed by atoms with Crippen LogP contribution in [0.25, 0.3) is 12.2 Å². The Morgan fingerprint density at radius 3 is 2.36 bits per heavy atom. The molecule has 0 bridgehead atoms. The number of unbranched alkanes of at least 4 members (excludes halogenated alkanes) is 1. The Balaban J connectivity index is 1.70. The molecule has 0 aromatic heterocycles. The Kier molecular flexibility index (Phi) is 6.64. The molecule has 0 saturated heterocycles. The van der Waals surface area contributed by atoms with Gasteiger partial charge in [0.05, 0.1) is 12.2 Å². The van der Waals surface area contributed by atoms with Crippen LogP contribution in [0.5, 0.6) is 0 Å². The molecule has 4 heteroatoms. The molecule has 3 rings (SSSR count). The Labute approximate surface area is 167 Å². The lowest BCUT2D eigenvalue weighted by Crippen LogP contribution is -2.32. The second kappa shape index (κ2) is 9.36. The summed E-state index contributed by atoms with van der Waals surface area (Å²) in [6.07, 6.45) is 6.52. The van der Waals surface area contributed by atoms with E-state index in [1.54, 1.807) is 0 Å².